The first-order valence-electron chi connectivity index (χ1n) is 18.7. The number of hydrogen-bond acceptors (Lipinski definition) is 9. The predicted molar refractivity (Wildman–Crippen MR) is 200 cm³/mol. The van der Waals surface area contributed by atoms with Crippen LogP contribution < -0.4 is 15.5 Å². The molecular formula is C38H55ClN8O4. The monoisotopic (exact) mass is 722 g/mol. The molecule has 12 nitrogen and oxygen atoms in total. The summed E-state index contributed by atoms with van der Waals surface area (Å²) in [6.45, 7) is 14.9. The molecule has 3 N–H and O–H groups in total. The molecule has 13 heteroatoms. The lowest BCUT2D eigenvalue weighted by molar-refractivity contribution is -0.129. The number of likely N-dealkylation sites (tertiary alicyclic amines) is 2. The zero-order valence-electron chi connectivity index (χ0n) is 30.6. The Labute approximate surface area is 307 Å². The summed E-state index contributed by atoms with van der Waals surface area (Å²) in [5.41, 5.74) is -0.140. The molecule has 6 rings (SSSR count). The maximum Gasteiger partial charge on any atom is 0.408 e. The highest BCUT2D eigenvalue weighted by Gasteiger charge is 2.45. The number of rotatable bonds is 11. The van der Waals surface area contributed by atoms with Gasteiger partial charge in [-0.25, -0.2) is 14.8 Å². The van der Waals surface area contributed by atoms with E-state index >= 15 is 0 Å². The molecule has 5 heterocycles. The minimum absolute atomic E-state index is 0.219. The van der Waals surface area contributed by atoms with Gasteiger partial charge < -0.3 is 39.8 Å². The van der Waals surface area contributed by atoms with E-state index in [1.54, 1.807) is 6.33 Å². The summed E-state index contributed by atoms with van der Waals surface area (Å²) in [7, 11) is 0. The highest BCUT2D eigenvalue weighted by molar-refractivity contribution is 6.30. The topological polar surface area (TPSA) is 128 Å². The van der Waals surface area contributed by atoms with Crippen LogP contribution in [0.3, 0.4) is 0 Å². The first-order chi connectivity index (χ1) is 24.5. The third-order valence-electron chi connectivity index (χ3n) is 10.6. The van der Waals surface area contributed by atoms with Gasteiger partial charge in [-0.05, 0) is 96.0 Å². The molecule has 2 amide bonds. The average Bonchev–Trinajstić information content (AvgIpc) is 3.60. The Morgan fingerprint density at radius 1 is 0.961 bits per heavy atom. The zero-order chi connectivity index (χ0) is 36.0. The predicted octanol–water partition coefficient (Wildman–Crippen LogP) is 5.69. The maximum absolute atomic E-state index is 14.5. The largest absolute Gasteiger partial charge is 0.444 e. The number of ether oxygens (including phenoxy) is 2. The van der Waals surface area contributed by atoms with Gasteiger partial charge in [0, 0.05) is 57.0 Å². The fourth-order valence-electron chi connectivity index (χ4n) is 7.65. The number of piperidine rings is 3. The van der Waals surface area contributed by atoms with Gasteiger partial charge in [-0.1, -0.05) is 30.7 Å². The molecule has 3 aliphatic heterocycles. The molecule has 3 saturated heterocycles. The zero-order valence-corrected chi connectivity index (χ0v) is 31.4. The van der Waals surface area contributed by atoms with Crippen molar-refractivity contribution < 1.29 is 19.1 Å². The van der Waals surface area contributed by atoms with Crippen molar-refractivity contribution in [3.8, 4) is 0 Å². The molecule has 2 aromatic heterocycles. The number of carbonyl (C=O) groups excluding carboxylic acids is 2. The number of anilines is 1. The second-order valence-electron chi connectivity index (χ2n) is 15.3. The highest BCUT2D eigenvalue weighted by atomic mass is 35.5. The van der Waals surface area contributed by atoms with E-state index in [9.17, 15) is 9.59 Å². The fraction of sp³-hybridized carbons (Fsp3) is 0.632. The van der Waals surface area contributed by atoms with Crippen LogP contribution in [0.2, 0.25) is 5.02 Å². The normalized spacial score (nSPS) is 20.3. The van der Waals surface area contributed by atoms with Crippen molar-refractivity contribution in [2.45, 2.75) is 102 Å². The molecule has 0 radical (unpaired) electrons. The average molecular weight is 723 g/mol. The van der Waals surface area contributed by atoms with Crippen molar-refractivity contribution in [2.24, 2.45) is 0 Å². The second kappa shape index (κ2) is 16.5. The fourth-order valence-corrected chi connectivity index (χ4v) is 7.77. The van der Waals surface area contributed by atoms with Crippen LogP contribution >= 0.6 is 11.6 Å². The maximum atomic E-state index is 14.5. The van der Waals surface area contributed by atoms with Gasteiger partial charge in [0.1, 0.15) is 28.9 Å². The van der Waals surface area contributed by atoms with Crippen LogP contribution in [-0.4, -0.2) is 112 Å². The summed E-state index contributed by atoms with van der Waals surface area (Å²) in [6.07, 6.45) is 9.23. The Balaban J connectivity index is 1.12. The van der Waals surface area contributed by atoms with E-state index in [2.05, 4.69) is 47.2 Å². The van der Waals surface area contributed by atoms with E-state index in [-0.39, 0.29) is 11.9 Å². The quantitative estimate of drug-likeness (QED) is 0.229. The van der Waals surface area contributed by atoms with Gasteiger partial charge in [0.15, 0.2) is 0 Å². The van der Waals surface area contributed by atoms with Crippen LogP contribution in [0.5, 0.6) is 0 Å². The highest BCUT2D eigenvalue weighted by Crippen LogP contribution is 2.31. The molecule has 1 atom stereocenters. The first-order valence-corrected chi connectivity index (χ1v) is 19.1. The molecule has 0 saturated carbocycles. The smallest absolute Gasteiger partial charge is 0.408 e. The van der Waals surface area contributed by atoms with Crippen molar-refractivity contribution in [1.29, 1.82) is 0 Å². The van der Waals surface area contributed by atoms with Crippen molar-refractivity contribution in [3.63, 3.8) is 0 Å². The van der Waals surface area contributed by atoms with Crippen LogP contribution in [0.4, 0.5) is 10.6 Å². The van der Waals surface area contributed by atoms with Crippen LogP contribution in [-0.2, 0) is 14.3 Å². The molecule has 0 aliphatic carbocycles. The number of carbonyl (C=O) groups is 2. The molecule has 0 unspecified atom stereocenters. The number of nitrogens with zero attached hydrogens (tertiary/aromatic N) is 5. The molecule has 0 spiro atoms. The number of amides is 2. The second-order valence-corrected chi connectivity index (χ2v) is 15.7. The molecule has 3 aromatic rings. The Kier molecular flexibility index (Phi) is 12.1. The Morgan fingerprint density at radius 3 is 2.24 bits per heavy atom. The number of aromatic amines is 1. The van der Waals surface area contributed by atoms with Crippen LogP contribution in [0.15, 0.2) is 42.9 Å². The van der Waals surface area contributed by atoms with E-state index < -0.39 is 17.2 Å². The number of alkyl carbamates (subject to hydrolysis) is 1. The molecule has 278 valence electrons. The number of benzene rings is 1. The first kappa shape index (κ1) is 37.3. The van der Waals surface area contributed by atoms with Crippen LogP contribution in [0.1, 0.15) is 84.2 Å². The summed E-state index contributed by atoms with van der Waals surface area (Å²) in [4.78, 5) is 46.9. The summed E-state index contributed by atoms with van der Waals surface area (Å²) < 4.78 is 12.2. The van der Waals surface area contributed by atoms with Gasteiger partial charge >= 0.3 is 6.09 Å². The number of aromatic nitrogens is 3. The standard InChI is InChI=1S/C38H55ClN8O4/c1-5-45-19-11-29(12-20-45)50-30-13-21-46(22-14-30)23-15-32(27-6-8-28(39)9-7-27)43-35(48)38(44-36(49)51-37(2,3)4)16-24-47(25-17-38)34-31-10-18-40-33(31)41-26-42-34/h6-10,18,26,29-30,32H,5,11-17,19-25H2,1-4H3,(H,43,48)(H,44,49)(H,40,41,42)/t32-/m0/s1. The van der Waals surface area contributed by atoms with Gasteiger partial charge in [-0.2, -0.15) is 0 Å². The Morgan fingerprint density at radius 2 is 1.61 bits per heavy atom. The van der Waals surface area contributed by atoms with Gasteiger partial charge in [-0.15, -0.1) is 0 Å². The molecule has 0 bridgehead atoms. The van der Waals surface area contributed by atoms with E-state index in [1.165, 1.54) is 0 Å². The van der Waals surface area contributed by atoms with Crippen molar-refractivity contribution >= 4 is 40.5 Å². The lowest BCUT2D eigenvalue weighted by Gasteiger charge is -2.42. The van der Waals surface area contributed by atoms with Gasteiger partial charge in [-0.3, -0.25) is 4.79 Å². The lowest BCUT2D eigenvalue weighted by Crippen LogP contribution is -2.64. The van der Waals surface area contributed by atoms with Gasteiger partial charge in [0.2, 0.25) is 5.91 Å². The van der Waals surface area contributed by atoms with Gasteiger partial charge in [0.25, 0.3) is 0 Å². The van der Waals surface area contributed by atoms with E-state index in [1.807, 2.05) is 57.3 Å². The Bertz CT molecular complexity index is 1590. The molecular weight excluding hydrogens is 668 g/mol. The summed E-state index contributed by atoms with van der Waals surface area (Å²) >= 11 is 6.28. The molecule has 51 heavy (non-hydrogen) atoms. The minimum atomic E-state index is -1.17. The number of halogens is 1. The van der Waals surface area contributed by atoms with E-state index in [0.29, 0.717) is 43.2 Å². The van der Waals surface area contributed by atoms with E-state index in [4.69, 9.17) is 21.1 Å². The van der Waals surface area contributed by atoms with Crippen molar-refractivity contribution in [2.75, 3.05) is 57.3 Å². The lowest BCUT2D eigenvalue weighted by atomic mass is 9.85. The number of nitrogens with one attached hydrogen (secondary N) is 3. The Hall–Kier alpha value is -3.45. The van der Waals surface area contributed by atoms with Crippen molar-refractivity contribution in [3.05, 3.63) is 53.4 Å². The number of hydrogen-bond donors (Lipinski definition) is 3. The van der Waals surface area contributed by atoms with Crippen LogP contribution in [0, 0.1) is 0 Å². The van der Waals surface area contributed by atoms with Crippen molar-refractivity contribution in [1.82, 2.24) is 35.4 Å². The SMILES string of the molecule is CCN1CCC(OC2CCN(CC[C@H](NC(=O)C3(NC(=O)OC(C)(C)C)CCN(c4ncnc5[nH]ccc45)CC3)c3ccc(Cl)cc3)CC2)CC1. The third kappa shape index (κ3) is 9.71. The van der Waals surface area contributed by atoms with E-state index in [0.717, 1.165) is 93.8 Å². The minimum Gasteiger partial charge on any atom is -0.444 e. The summed E-state index contributed by atoms with van der Waals surface area (Å²) in [5, 5.41) is 7.95. The third-order valence-corrected chi connectivity index (χ3v) is 10.9. The summed E-state index contributed by atoms with van der Waals surface area (Å²) in [6, 6.07) is 9.36. The number of fused-ring (bicyclic) bond motifs is 1. The molecule has 1 aromatic carbocycles. The summed E-state index contributed by atoms with van der Waals surface area (Å²) in [5.74, 6) is 0.589. The van der Waals surface area contributed by atoms with Crippen LogP contribution in [0.25, 0.3) is 11.0 Å². The number of H-pyrrole nitrogens is 1. The molecule has 3 aliphatic rings. The van der Waals surface area contributed by atoms with Gasteiger partial charge in [0.05, 0.1) is 23.6 Å². The molecule has 3 fully saturated rings.